The Labute approximate surface area is 190 Å². The Kier molecular flexibility index (Phi) is 5.70. The van der Waals surface area contributed by atoms with E-state index in [1.54, 1.807) is 10.7 Å². The second-order valence-corrected chi connectivity index (χ2v) is 8.22. The molecule has 9 heteroatoms. The van der Waals surface area contributed by atoms with E-state index in [0.29, 0.717) is 55.3 Å². The van der Waals surface area contributed by atoms with Crippen molar-refractivity contribution >= 4 is 16.8 Å². The van der Waals surface area contributed by atoms with Gasteiger partial charge in [-0.25, -0.2) is 0 Å². The number of carbonyl (C=O) groups excluding carboxylic acids is 1. The summed E-state index contributed by atoms with van der Waals surface area (Å²) in [5, 5.41) is 8.82. The predicted octanol–water partition coefficient (Wildman–Crippen LogP) is 2.10. The van der Waals surface area contributed by atoms with Crippen LogP contribution in [-0.4, -0.2) is 61.8 Å². The number of para-hydroxylation sites is 1. The highest BCUT2D eigenvalue weighted by molar-refractivity contribution is 5.81. The molecule has 3 heterocycles. The normalized spacial score (nSPS) is 14.6. The molecule has 1 aliphatic heterocycles. The molecule has 4 aromatic rings. The Bertz CT molecular complexity index is 1340. The molecule has 5 rings (SSSR count). The molecule has 0 aliphatic carbocycles. The van der Waals surface area contributed by atoms with Gasteiger partial charge in [0.05, 0.1) is 18.3 Å². The molecule has 0 bridgehead atoms. The zero-order valence-corrected chi connectivity index (χ0v) is 18.3. The van der Waals surface area contributed by atoms with E-state index in [1.165, 1.54) is 11.8 Å². The van der Waals surface area contributed by atoms with Gasteiger partial charge in [-0.3, -0.25) is 19.2 Å². The van der Waals surface area contributed by atoms with Crippen molar-refractivity contribution in [2.45, 2.75) is 20.0 Å². The molecule has 168 valence electrons. The molecule has 2 aromatic heterocycles. The second-order valence-electron chi connectivity index (χ2n) is 8.22. The van der Waals surface area contributed by atoms with Gasteiger partial charge in [0.25, 0.3) is 0 Å². The number of amides is 1. The first-order valence-corrected chi connectivity index (χ1v) is 10.9. The fourth-order valence-corrected chi connectivity index (χ4v) is 4.00. The highest BCUT2D eigenvalue weighted by Gasteiger charge is 2.23. The van der Waals surface area contributed by atoms with Gasteiger partial charge >= 0.3 is 0 Å². The minimum absolute atomic E-state index is 0.0181. The van der Waals surface area contributed by atoms with Gasteiger partial charge in [-0.2, -0.15) is 10.1 Å². The molecular formula is C24H24N6O3. The maximum atomic E-state index is 12.9. The Balaban J connectivity index is 1.18. The number of rotatable bonds is 5. The van der Waals surface area contributed by atoms with Crippen molar-refractivity contribution in [2.75, 3.05) is 26.2 Å². The summed E-state index contributed by atoms with van der Waals surface area (Å²) in [5.41, 5.74) is 2.63. The number of carbonyl (C=O) groups is 1. The molecule has 33 heavy (non-hydrogen) atoms. The van der Waals surface area contributed by atoms with E-state index in [0.717, 1.165) is 5.56 Å². The lowest BCUT2D eigenvalue weighted by Crippen LogP contribution is -2.49. The lowest BCUT2D eigenvalue weighted by atomic mass is 10.1. The van der Waals surface area contributed by atoms with Gasteiger partial charge in [-0.05, 0) is 19.1 Å². The van der Waals surface area contributed by atoms with Crippen LogP contribution in [0.2, 0.25) is 0 Å². The van der Waals surface area contributed by atoms with Gasteiger partial charge in [-0.1, -0.05) is 47.1 Å². The average molecular weight is 444 g/mol. The minimum Gasteiger partial charge on any atom is -0.339 e. The third-order valence-corrected chi connectivity index (χ3v) is 5.91. The van der Waals surface area contributed by atoms with Crippen LogP contribution in [0.3, 0.4) is 0 Å². The maximum Gasteiger partial charge on any atom is 0.244 e. The monoisotopic (exact) mass is 444 g/mol. The van der Waals surface area contributed by atoms with E-state index in [2.05, 4.69) is 20.1 Å². The van der Waals surface area contributed by atoms with Crippen molar-refractivity contribution < 1.29 is 9.32 Å². The van der Waals surface area contributed by atoms with Crippen molar-refractivity contribution in [3.8, 4) is 11.4 Å². The van der Waals surface area contributed by atoms with Crippen LogP contribution in [0.5, 0.6) is 0 Å². The Morgan fingerprint density at radius 2 is 1.79 bits per heavy atom. The lowest BCUT2D eigenvalue weighted by molar-refractivity contribution is -0.133. The molecule has 2 aromatic carbocycles. The molecule has 9 nitrogen and oxygen atoms in total. The van der Waals surface area contributed by atoms with Gasteiger partial charge in [0.2, 0.25) is 23.1 Å². The predicted molar refractivity (Wildman–Crippen MR) is 122 cm³/mol. The molecule has 1 fully saturated rings. The summed E-state index contributed by atoms with van der Waals surface area (Å²) in [7, 11) is 0. The van der Waals surface area contributed by atoms with Crippen molar-refractivity contribution in [3.63, 3.8) is 0 Å². The van der Waals surface area contributed by atoms with Crippen LogP contribution in [0, 0.1) is 6.92 Å². The number of benzene rings is 2. The van der Waals surface area contributed by atoms with Crippen molar-refractivity contribution in [1.29, 1.82) is 0 Å². The number of hydrogen-bond donors (Lipinski definition) is 0. The molecular weight excluding hydrogens is 420 g/mol. The summed E-state index contributed by atoms with van der Waals surface area (Å²) in [4.78, 5) is 33.4. The highest BCUT2D eigenvalue weighted by Crippen LogP contribution is 2.17. The van der Waals surface area contributed by atoms with E-state index >= 15 is 0 Å². The van der Waals surface area contributed by atoms with Crippen molar-refractivity contribution in [1.82, 2.24) is 29.7 Å². The van der Waals surface area contributed by atoms with E-state index < -0.39 is 0 Å². The molecule has 0 unspecified atom stereocenters. The zero-order valence-electron chi connectivity index (χ0n) is 18.3. The third-order valence-electron chi connectivity index (χ3n) is 5.91. The van der Waals surface area contributed by atoms with Gasteiger partial charge in [0.1, 0.15) is 6.54 Å². The summed E-state index contributed by atoms with van der Waals surface area (Å²) in [6.07, 6.45) is 1.27. The van der Waals surface area contributed by atoms with Crippen LogP contribution in [0.15, 0.2) is 64.0 Å². The molecule has 0 spiro atoms. The van der Waals surface area contributed by atoms with Crippen LogP contribution in [0.25, 0.3) is 22.3 Å². The topological polar surface area (TPSA) is 97.4 Å². The van der Waals surface area contributed by atoms with Gasteiger partial charge < -0.3 is 9.42 Å². The number of fused-ring (bicyclic) bond motifs is 1. The Hall–Kier alpha value is -3.85. The number of aromatic nitrogens is 4. The molecule has 1 amide bonds. The standard InChI is InChI=1S/C24H24N6O3/c1-17-6-8-18(9-7-17)24-26-22(33-27-24)15-28-10-12-29(13-11-28)23(32)16-30-20-5-3-2-4-19(20)21(31)14-25-30/h2-9,14H,10-13,15-16H2,1H3. The zero-order chi connectivity index (χ0) is 22.8. The van der Waals surface area contributed by atoms with E-state index in [9.17, 15) is 9.59 Å². The van der Waals surface area contributed by atoms with Crippen LogP contribution >= 0.6 is 0 Å². The fraction of sp³-hybridized carbons (Fsp3) is 0.292. The van der Waals surface area contributed by atoms with E-state index in [4.69, 9.17) is 4.52 Å². The van der Waals surface area contributed by atoms with Crippen LogP contribution < -0.4 is 5.43 Å². The quantitative estimate of drug-likeness (QED) is 0.465. The first-order valence-electron chi connectivity index (χ1n) is 10.9. The third kappa shape index (κ3) is 4.54. The first kappa shape index (κ1) is 21.0. The van der Waals surface area contributed by atoms with Crippen molar-refractivity contribution in [2.24, 2.45) is 0 Å². The fourth-order valence-electron chi connectivity index (χ4n) is 4.00. The first-order chi connectivity index (χ1) is 16.1. The molecule has 1 aliphatic rings. The smallest absolute Gasteiger partial charge is 0.244 e. The minimum atomic E-state index is -0.144. The number of nitrogens with zero attached hydrogens (tertiary/aromatic N) is 6. The molecule has 0 saturated carbocycles. The second kappa shape index (κ2) is 8.95. The summed E-state index contributed by atoms with van der Waals surface area (Å²) >= 11 is 0. The Morgan fingerprint density at radius 1 is 1.03 bits per heavy atom. The highest BCUT2D eigenvalue weighted by atomic mass is 16.5. The average Bonchev–Trinajstić information content (AvgIpc) is 3.30. The van der Waals surface area contributed by atoms with Crippen LogP contribution in [0.4, 0.5) is 0 Å². The number of aryl methyl sites for hydroxylation is 1. The molecule has 0 radical (unpaired) electrons. The summed E-state index contributed by atoms with van der Waals surface area (Å²) in [6.45, 7) is 5.33. The SMILES string of the molecule is Cc1ccc(-c2noc(CN3CCN(C(=O)Cn4ncc(=O)c5ccccc54)CC3)n2)cc1. The number of hydrogen-bond acceptors (Lipinski definition) is 7. The summed E-state index contributed by atoms with van der Waals surface area (Å²) in [6, 6.07) is 15.2. The summed E-state index contributed by atoms with van der Waals surface area (Å²) < 4.78 is 7.03. The van der Waals surface area contributed by atoms with E-state index in [-0.39, 0.29) is 17.9 Å². The Morgan fingerprint density at radius 3 is 2.58 bits per heavy atom. The summed E-state index contributed by atoms with van der Waals surface area (Å²) in [5.74, 6) is 1.13. The van der Waals surface area contributed by atoms with Crippen LogP contribution in [0.1, 0.15) is 11.5 Å². The number of piperazine rings is 1. The van der Waals surface area contributed by atoms with Gasteiger partial charge in [0, 0.05) is 37.1 Å². The van der Waals surface area contributed by atoms with Gasteiger partial charge in [-0.15, -0.1) is 0 Å². The lowest BCUT2D eigenvalue weighted by Gasteiger charge is -2.34. The maximum absolute atomic E-state index is 12.9. The molecule has 0 atom stereocenters. The largest absolute Gasteiger partial charge is 0.339 e. The van der Waals surface area contributed by atoms with Crippen molar-refractivity contribution in [3.05, 3.63) is 76.4 Å². The molecule has 0 N–H and O–H groups in total. The molecule has 1 saturated heterocycles. The van der Waals surface area contributed by atoms with Crippen LogP contribution in [-0.2, 0) is 17.9 Å². The van der Waals surface area contributed by atoms with Gasteiger partial charge in [0.15, 0.2) is 0 Å². The van der Waals surface area contributed by atoms with E-state index in [1.807, 2.05) is 54.3 Å².